The Morgan fingerprint density at radius 3 is 2.18 bits per heavy atom. The lowest BCUT2D eigenvalue weighted by molar-refractivity contribution is 0.0119. The van der Waals surface area contributed by atoms with Gasteiger partial charge in [-0.3, -0.25) is 0 Å². The third-order valence-corrected chi connectivity index (χ3v) is 3.82. The van der Waals surface area contributed by atoms with E-state index in [0.717, 1.165) is 13.1 Å². The number of hydrogen-bond acceptors (Lipinski definition) is 3. The number of rotatable bonds is 1. The van der Waals surface area contributed by atoms with Gasteiger partial charge in [-0.25, -0.2) is 4.79 Å². The highest BCUT2D eigenvalue weighted by Crippen LogP contribution is 2.37. The number of amides is 1. The molecule has 0 aromatic carbocycles. The van der Waals surface area contributed by atoms with Crippen molar-refractivity contribution >= 4 is 6.09 Å². The first-order valence-corrected chi connectivity index (χ1v) is 6.56. The molecule has 2 fully saturated rings. The number of likely N-dealkylation sites (tertiary alicyclic amines) is 1. The molecule has 1 heterocycles. The molecular formula is C13H24N2O2. The van der Waals surface area contributed by atoms with Crippen LogP contribution in [0.1, 0.15) is 33.6 Å². The van der Waals surface area contributed by atoms with Gasteiger partial charge in [0.25, 0.3) is 0 Å². The van der Waals surface area contributed by atoms with E-state index in [0.29, 0.717) is 17.9 Å². The highest BCUT2D eigenvalue weighted by molar-refractivity contribution is 5.68. The Morgan fingerprint density at radius 1 is 1.24 bits per heavy atom. The van der Waals surface area contributed by atoms with E-state index in [4.69, 9.17) is 4.74 Å². The molecule has 98 valence electrons. The number of fused-ring (bicyclic) bond motifs is 2. The predicted octanol–water partition coefficient (Wildman–Crippen LogP) is 1.85. The molecule has 1 amide bonds. The molecule has 1 aliphatic heterocycles. The second kappa shape index (κ2) is 4.48. The van der Waals surface area contributed by atoms with Gasteiger partial charge in [-0.1, -0.05) is 0 Å². The van der Waals surface area contributed by atoms with Gasteiger partial charge in [-0.05, 0) is 52.5 Å². The zero-order valence-electron chi connectivity index (χ0n) is 11.3. The van der Waals surface area contributed by atoms with Crippen LogP contribution in [0.25, 0.3) is 0 Å². The van der Waals surface area contributed by atoms with Crippen molar-refractivity contribution in [1.29, 1.82) is 0 Å². The van der Waals surface area contributed by atoms with E-state index in [2.05, 4.69) is 5.32 Å². The van der Waals surface area contributed by atoms with Gasteiger partial charge in [-0.2, -0.15) is 0 Å². The molecule has 2 rings (SSSR count). The van der Waals surface area contributed by atoms with Gasteiger partial charge in [0.05, 0.1) is 0 Å². The monoisotopic (exact) mass is 240 g/mol. The summed E-state index contributed by atoms with van der Waals surface area (Å²) in [5, 5.41) is 3.39. The fourth-order valence-corrected chi connectivity index (χ4v) is 3.17. The van der Waals surface area contributed by atoms with Gasteiger partial charge in [0, 0.05) is 19.1 Å². The van der Waals surface area contributed by atoms with Gasteiger partial charge in [0.1, 0.15) is 5.60 Å². The molecule has 0 aromatic rings. The molecule has 1 aliphatic carbocycles. The Balaban J connectivity index is 1.96. The van der Waals surface area contributed by atoms with Crippen molar-refractivity contribution < 1.29 is 9.53 Å². The standard InChI is InChI=1S/C13H24N2O2/c1-13(2,3)17-12(16)15-7-9-5-6-10(8-15)11(9)14-4/h9-11,14H,5-8H2,1-4H3. The van der Waals surface area contributed by atoms with Crippen LogP contribution in [-0.2, 0) is 4.74 Å². The summed E-state index contributed by atoms with van der Waals surface area (Å²) in [4.78, 5) is 13.9. The first-order valence-electron chi connectivity index (χ1n) is 6.56. The van der Waals surface area contributed by atoms with Crippen LogP contribution >= 0.6 is 0 Å². The number of ether oxygens (including phenoxy) is 1. The summed E-state index contributed by atoms with van der Waals surface area (Å²) < 4.78 is 5.44. The zero-order valence-corrected chi connectivity index (χ0v) is 11.3. The van der Waals surface area contributed by atoms with Gasteiger partial charge in [-0.15, -0.1) is 0 Å². The Hall–Kier alpha value is -0.770. The quantitative estimate of drug-likeness (QED) is 0.760. The Bertz CT molecular complexity index is 284. The van der Waals surface area contributed by atoms with Crippen LogP contribution < -0.4 is 5.32 Å². The van der Waals surface area contributed by atoms with E-state index in [1.165, 1.54) is 12.8 Å². The average Bonchev–Trinajstić information content (AvgIpc) is 2.44. The summed E-state index contributed by atoms with van der Waals surface area (Å²) in [6.07, 6.45) is 2.31. The van der Waals surface area contributed by atoms with E-state index >= 15 is 0 Å². The summed E-state index contributed by atoms with van der Waals surface area (Å²) >= 11 is 0. The van der Waals surface area contributed by atoms with Crippen molar-refractivity contribution in [3.05, 3.63) is 0 Å². The molecule has 0 aromatic heterocycles. The molecule has 2 aliphatic rings. The van der Waals surface area contributed by atoms with Crippen molar-refractivity contribution in [1.82, 2.24) is 10.2 Å². The second-order valence-corrected chi connectivity index (χ2v) is 6.30. The maximum absolute atomic E-state index is 12.0. The van der Waals surface area contributed by atoms with Crippen molar-refractivity contribution in [3.8, 4) is 0 Å². The summed E-state index contributed by atoms with van der Waals surface area (Å²) in [5.74, 6) is 1.21. The molecular weight excluding hydrogens is 216 g/mol. The number of carbonyl (C=O) groups is 1. The van der Waals surface area contributed by atoms with Crippen molar-refractivity contribution in [2.45, 2.75) is 45.3 Å². The third-order valence-electron chi connectivity index (χ3n) is 3.82. The zero-order chi connectivity index (χ0) is 12.6. The topological polar surface area (TPSA) is 41.6 Å². The lowest BCUT2D eigenvalue weighted by atomic mass is 9.93. The summed E-state index contributed by atoms with van der Waals surface area (Å²) in [6, 6.07) is 0.591. The van der Waals surface area contributed by atoms with Crippen LogP contribution in [0.3, 0.4) is 0 Å². The molecule has 2 unspecified atom stereocenters. The molecule has 0 spiro atoms. The van der Waals surface area contributed by atoms with Crippen LogP contribution in [0, 0.1) is 11.8 Å². The number of carbonyl (C=O) groups excluding carboxylic acids is 1. The normalized spacial score (nSPS) is 32.7. The van der Waals surface area contributed by atoms with Gasteiger partial charge in [0.15, 0.2) is 0 Å². The number of nitrogens with one attached hydrogen (secondary N) is 1. The lowest BCUT2D eigenvalue weighted by Crippen LogP contribution is -2.52. The molecule has 1 N–H and O–H groups in total. The summed E-state index contributed by atoms with van der Waals surface area (Å²) in [6.45, 7) is 7.44. The minimum Gasteiger partial charge on any atom is -0.444 e. The molecule has 2 bridgehead atoms. The fourth-order valence-electron chi connectivity index (χ4n) is 3.17. The Morgan fingerprint density at radius 2 is 1.76 bits per heavy atom. The average molecular weight is 240 g/mol. The van der Waals surface area contributed by atoms with E-state index in [9.17, 15) is 4.79 Å². The smallest absolute Gasteiger partial charge is 0.410 e. The fraction of sp³-hybridized carbons (Fsp3) is 0.923. The van der Waals surface area contributed by atoms with Crippen LogP contribution in [0.5, 0.6) is 0 Å². The molecule has 17 heavy (non-hydrogen) atoms. The molecule has 4 heteroatoms. The van der Waals surface area contributed by atoms with Gasteiger partial charge >= 0.3 is 6.09 Å². The van der Waals surface area contributed by atoms with E-state index in [-0.39, 0.29) is 6.09 Å². The van der Waals surface area contributed by atoms with Crippen molar-refractivity contribution in [2.24, 2.45) is 11.8 Å². The van der Waals surface area contributed by atoms with E-state index < -0.39 is 5.60 Å². The van der Waals surface area contributed by atoms with Crippen LogP contribution in [-0.4, -0.2) is 42.8 Å². The van der Waals surface area contributed by atoms with E-state index in [1.54, 1.807) is 0 Å². The summed E-state index contributed by atoms with van der Waals surface area (Å²) in [5.41, 5.74) is -0.393. The highest BCUT2D eigenvalue weighted by Gasteiger charge is 2.43. The molecule has 0 radical (unpaired) electrons. The SMILES string of the molecule is CNC1C2CCC1CN(C(=O)OC(C)(C)C)C2. The third kappa shape index (κ3) is 2.73. The number of hydrogen-bond donors (Lipinski definition) is 1. The largest absolute Gasteiger partial charge is 0.444 e. The van der Waals surface area contributed by atoms with Crippen molar-refractivity contribution in [2.75, 3.05) is 20.1 Å². The second-order valence-electron chi connectivity index (χ2n) is 6.30. The first kappa shape index (κ1) is 12.7. The first-order chi connectivity index (χ1) is 7.90. The minimum atomic E-state index is -0.393. The maximum Gasteiger partial charge on any atom is 0.410 e. The van der Waals surface area contributed by atoms with Crippen LogP contribution in [0.2, 0.25) is 0 Å². The Labute approximate surface area is 104 Å². The minimum absolute atomic E-state index is 0.149. The van der Waals surface area contributed by atoms with Crippen molar-refractivity contribution in [3.63, 3.8) is 0 Å². The van der Waals surface area contributed by atoms with Gasteiger partial charge < -0.3 is 15.0 Å². The molecule has 4 nitrogen and oxygen atoms in total. The van der Waals surface area contributed by atoms with Crippen LogP contribution in [0.4, 0.5) is 4.79 Å². The highest BCUT2D eigenvalue weighted by atomic mass is 16.6. The molecule has 1 saturated heterocycles. The molecule has 2 atom stereocenters. The molecule has 1 saturated carbocycles. The maximum atomic E-state index is 12.0. The van der Waals surface area contributed by atoms with Crippen LogP contribution in [0.15, 0.2) is 0 Å². The Kier molecular flexibility index (Phi) is 3.34. The lowest BCUT2D eigenvalue weighted by Gasteiger charge is -2.38. The number of piperidine rings is 1. The van der Waals surface area contributed by atoms with Gasteiger partial charge in [0.2, 0.25) is 0 Å². The summed E-state index contributed by atoms with van der Waals surface area (Å²) in [7, 11) is 2.03. The van der Waals surface area contributed by atoms with E-state index in [1.807, 2.05) is 32.7 Å². The number of nitrogens with zero attached hydrogens (tertiary/aromatic N) is 1. The predicted molar refractivity (Wildman–Crippen MR) is 66.9 cm³/mol.